The molecule has 0 fully saturated rings. The van der Waals surface area contributed by atoms with Crippen molar-refractivity contribution in [2.24, 2.45) is 0 Å². The Kier molecular flexibility index (Phi) is 4.19. The largest absolute Gasteiger partial charge is 0.352 e. The van der Waals surface area contributed by atoms with E-state index in [0.717, 1.165) is 28.6 Å². The van der Waals surface area contributed by atoms with E-state index in [1.807, 2.05) is 18.3 Å². The smallest absolute Gasteiger partial charge is 0.224 e. The quantitative estimate of drug-likeness (QED) is 0.760. The van der Waals surface area contributed by atoms with Gasteiger partial charge in [-0.1, -0.05) is 31.2 Å². The molecule has 0 spiro atoms. The number of aromatic amines is 1. The summed E-state index contributed by atoms with van der Waals surface area (Å²) in [5, 5.41) is 3.97. The van der Waals surface area contributed by atoms with E-state index in [-0.39, 0.29) is 5.91 Å². The van der Waals surface area contributed by atoms with E-state index in [4.69, 9.17) is 0 Å². The Bertz CT molecular complexity index is 774. The Labute approximate surface area is 129 Å². The molecule has 0 unspecified atom stereocenters. The van der Waals surface area contributed by atoms with Crippen LogP contribution in [0.3, 0.4) is 0 Å². The fourth-order valence-electron chi connectivity index (χ4n) is 2.49. The maximum absolute atomic E-state index is 12.1. The van der Waals surface area contributed by atoms with E-state index < -0.39 is 0 Å². The van der Waals surface area contributed by atoms with Gasteiger partial charge in [-0.3, -0.25) is 4.79 Å². The van der Waals surface area contributed by atoms with Crippen LogP contribution in [0.5, 0.6) is 0 Å². The monoisotopic (exact) mass is 293 g/mol. The number of aryl methyl sites for hydroxylation is 1. The first kappa shape index (κ1) is 14.3. The lowest BCUT2D eigenvalue weighted by molar-refractivity contribution is -0.120. The molecule has 0 aliphatic heterocycles. The fraction of sp³-hybridized carbons (Fsp3) is 0.222. The summed E-state index contributed by atoms with van der Waals surface area (Å²) in [6, 6.07) is 12.2. The number of nitrogens with one attached hydrogen (secondary N) is 2. The summed E-state index contributed by atoms with van der Waals surface area (Å²) >= 11 is 0. The van der Waals surface area contributed by atoms with Crippen LogP contribution in [0.1, 0.15) is 23.6 Å². The van der Waals surface area contributed by atoms with Gasteiger partial charge in [0.25, 0.3) is 0 Å². The molecule has 0 bridgehead atoms. The zero-order valence-electron chi connectivity index (χ0n) is 12.6. The Hall–Kier alpha value is -2.62. The Morgan fingerprint density at radius 3 is 2.73 bits per heavy atom. The van der Waals surface area contributed by atoms with Gasteiger partial charge in [0.15, 0.2) is 0 Å². The highest BCUT2D eigenvalue weighted by atomic mass is 16.1. The molecule has 0 aliphatic carbocycles. The molecule has 3 rings (SSSR count). The first-order valence-electron chi connectivity index (χ1n) is 7.51. The molecule has 0 aliphatic rings. The number of carbonyl (C=O) groups is 1. The van der Waals surface area contributed by atoms with Gasteiger partial charge in [-0.2, -0.15) is 0 Å². The van der Waals surface area contributed by atoms with Crippen molar-refractivity contribution in [3.63, 3.8) is 0 Å². The van der Waals surface area contributed by atoms with Crippen LogP contribution in [-0.2, 0) is 24.2 Å². The van der Waals surface area contributed by atoms with Gasteiger partial charge in [0.05, 0.1) is 6.42 Å². The summed E-state index contributed by atoms with van der Waals surface area (Å²) in [5.41, 5.74) is 4.22. The summed E-state index contributed by atoms with van der Waals surface area (Å²) in [6.45, 7) is 2.69. The van der Waals surface area contributed by atoms with E-state index in [2.05, 4.69) is 46.5 Å². The van der Waals surface area contributed by atoms with Crippen LogP contribution in [0.4, 0.5) is 0 Å². The number of H-pyrrole nitrogens is 1. The van der Waals surface area contributed by atoms with Gasteiger partial charge in [0.2, 0.25) is 5.91 Å². The molecule has 2 aromatic heterocycles. The number of aromatic nitrogens is 2. The molecule has 0 atom stereocenters. The molecule has 22 heavy (non-hydrogen) atoms. The Morgan fingerprint density at radius 2 is 1.95 bits per heavy atom. The second-order valence-corrected chi connectivity index (χ2v) is 5.34. The zero-order chi connectivity index (χ0) is 15.4. The van der Waals surface area contributed by atoms with E-state index in [1.54, 1.807) is 6.20 Å². The molecule has 2 N–H and O–H groups in total. The average molecular weight is 293 g/mol. The van der Waals surface area contributed by atoms with E-state index in [0.29, 0.717) is 13.0 Å². The number of benzene rings is 1. The van der Waals surface area contributed by atoms with Crippen LogP contribution in [0, 0.1) is 0 Å². The summed E-state index contributed by atoms with van der Waals surface area (Å²) in [6.07, 6.45) is 4.98. The third-order valence-electron chi connectivity index (χ3n) is 3.81. The highest BCUT2D eigenvalue weighted by Gasteiger charge is 2.08. The van der Waals surface area contributed by atoms with Crippen LogP contribution in [0.25, 0.3) is 11.0 Å². The highest BCUT2D eigenvalue weighted by Crippen LogP contribution is 2.16. The van der Waals surface area contributed by atoms with Gasteiger partial charge >= 0.3 is 0 Å². The summed E-state index contributed by atoms with van der Waals surface area (Å²) in [4.78, 5) is 19.4. The van der Waals surface area contributed by atoms with Crippen molar-refractivity contribution in [1.82, 2.24) is 15.3 Å². The third kappa shape index (κ3) is 3.17. The first-order valence-corrected chi connectivity index (χ1v) is 7.51. The molecule has 112 valence electrons. The maximum Gasteiger partial charge on any atom is 0.224 e. The number of carbonyl (C=O) groups excluding carboxylic acids is 1. The minimum absolute atomic E-state index is 0.0179. The Morgan fingerprint density at radius 1 is 1.18 bits per heavy atom. The predicted octanol–water partition coefficient (Wildman–Crippen LogP) is 2.98. The van der Waals surface area contributed by atoms with E-state index >= 15 is 0 Å². The van der Waals surface area contributed by atoms with E-state index in [1.165, 1.54) is 5.56 Å². The molecule has 0 saturated heterocycles. The normalized spacial score (nSPS) is 10.8. The Balaban J connectivity index is 1.60. The van der Waals surface area contributed by atoms with Crippen molar-refractivity contribution in [2.45, 2.75) is 26.3 Å². The molecular weight excluding hydrogens is 274 g/mol. The van der Waals surface area contributed by atoms with Gasteiger partial charge in [-0.25, -0.2) is 4.98 Å². The minimum atomic E-state index is 0.0179. The summed E-state index contributed by atoms with van der Waals surface area (Å²) < 4.78 is 0. The predicted molar refractivity (Wildman–Crippen MR) is 87.5 cm³/mol. The number of pyridine rings is 1. The van der Waals surface area contributed by atoms with Crippen LogP contribution in [0.2, 0.25) is 0 Å². The summed E-state index contributed by atoms with van der Waals surface area (Å²) in [5.74, 6) is 0.0179. The number of hydrogen-bond acceptors (Lipinski definition) is 2. The van der Waals surface area contributed by atoms with Gasteiger partial charge in [-0.05, 0) is 35.2 Å². The van der Waals surface area contributed by atoms with Crippen LogP contribution in [-0.4, -0.2) is 15.9 Å². The molecule has 1 amide bonds. The van der Waals surface area contributed by atoms with Crippen molar-refractivity contribution >= 4 is 16.9 Å². The zero-order valence-corrected chi connectivity index (χ0v) is 12.6. The third-order valence-corrected chi connectivity index (χ3v) is 3.81. The molecule has 3 aromatic rings. The number of nitrogens with zero attached hydrogens (tertiary/aromatic N) is 1. The molecule has 4 nitrogen and oxygen atoms in total. The standard InChI is InChI=1S/C18H19N3O/c1-2-13-5-7-14(8-6-13)11-20-17(22)10-15-12-21-18-16(15)4-3-9-19-18/h3-9,12H,2,10-11H2,1H3,(H,19,21)(H,20,22). The maximum atomic E-state index is 12.1. The van der Waals surface area contributed by atoms with Crippen molar-refractivity contribution in [3.05, 3.63) is 65.5 Å². The average Bonchev–Trinajstić information content (AvgIpc) is 2.97. The number of amides is 1. The van der Waals surface area contributed by atoms with Crippen molar-refractivity contribution < 1.29 is 4.79 Å². The minimum Gasteiger partial charge on any atom is -0.352 e. The van der Waals surface area contributed by atoms with Crippen LogP contribution in [0.15, 0.2) is 48.8 Å². The second kappa shape index (κ2) is 6.43. The lowest BCUT2D eigenvalue weighted by Crippen LogP contribution is -2.24. The number of fused-ring (bicyclic) bond motifs is 1. The van der Waals surface area contributed by atoms with E-state index in [9.17, 15) is 4.79 Å². The molecule has 2 heterocycles. The lowest BCUT2D eigenvalue weighted by atomic mass is 10.1. The second-order valence-electron chi connectivity index (χ2n) is 5.34. The van der Waals surface area contributed by atoms with Crippen LogP contribution < -0.4 is 5.32 Å². The van der Waals surface area contributed by atoms with Crippen LogP contribution >= 0.6 is 0 Å². The first-order chi connectivity index (χ1) is 10.8. The SMILES string of the molecule is CCc1ccc(CNC(=O)Cc2c[nH]c3ncccc23)cc1. The summed E-state index contributed by atoms with van der Waals surface area (Å²) in [7, 11) is 0. The molecule has 0 saturated carbocycles. The topological polar surface area (TPSA) is 57.8 Å². The fourth-order valence-corrected chi connectivity index (χ4v) is 2.49. The van der Waals surface area contributed by atoms with Crippen molar-refractivity contribution in [1.29, 1.82) is 0 Å². The van der Waals surface area contributed by atoms with Crippen molar-refractivity contribution in [3.8, 4) is 0 Å². The van der Waals surface area contributed by atoms with Crippen molar-refractivity contribution in [2.75, 3.05) is 0 Å². The van der Waals surface area contributed by atoms with Gasteiger partial charge < -0.3 is 10.3 Å². The lowest BCUT2D eigenvalue weighted by Gasteiger charge is -2.06. The van der Waals surface area contributed by atoms with Gasteiger partial charge in [0.1, 0.15) is 5.65 Å². The highest BCUT2D eigenvalue weighted by molar-refractivity contribution is 5.87. The van der Waals surface area contributed by atoms with Gasteiger partial charge in [0, 0.05) is 24.3 Å². The number of rotatable bonds is 5. The molecular formula is C18H19N3O. The molecule has 0 radical (unpaired) electrons. The number of hydrogen-bond donors (Lipinski definition) is 2. The van der Waals surface area contributed by atoms with Gasteiger partial charge in [-0.15, -0.1) is 0 Å². The molecule has 1 aromatic carbocycles. The molecule has 4 heteroatoms.